The maximum atomic E-state index is 12.1. The molecular weight excluding hydrogens is 575 g/mol. The van der Waals surface area contributed by atoms with Crippen LogP contribution in [-0.4, -0.2) is 37.4 Å². The number of methoxy groups -OCH3 is 1. The lowest BCUT2D eigenvalue weighted by atomic mass is 10.2. The first-order valence-corrected chi connectivity index (χ1v) is 8.28. The second-order valence-electron chi connectivity index (χ2n) is 3.56. The van der Waals surface area contributed by atoms with Crippen LogP contribution in [0.5, 0.6) is 0 Å². The molecule has 1 aromatic rings. The molecule has 18 heavy (non-hydrogen) atoms. The van der Waals surface area contributed by atoms with Crippen LogP contribution in [0, 0.1) is 10.7 Å². The molecule has 0 spiro atoms. The fourth-order valence-electron chi connectivity index (χ4n) is 1.33. The number of nitrogens with one attached hydrogen (secondary N) is 1. The van der Waals surface area contributed by atoms with E-state index in [1.54, 1.807) is 0 Å². The smallest absolute Gasteiger partial charge is 0.252 e. The molecule has 0 aromatic heterocycles. The number of benzene rings is 1. The standard InChI is InChI=1S/C11H12I3NO3/c1-18-5-7(4-16)15-11(17)8-2-6(12)3-9(13)10(8)14/h2-3,7,16H,4-5H2,1H3,(H,15,17). The Morgan fingerprint density at radius 3 is 2.67 bits per heavy atom. The van der Waals surface area contributed by atoms with E-state index in [2.05, 4.69) is 73.1 Å². The van der Waals surface area contributed by atoms with E-state index in [1.165, 1.54) is 7.11 Å². The molecule has 0 saturated carbocycles. The lowest BCUT2D eigenvalue weighted by molar-refractivity contribution is 0.0838. The third kappa shape index (κ3) is 4.72. The molecule has 1 aromatic carbocycles. The van der Waals surface area contributed by atoms with Crippen molar-refractivity contribution in [3.63, 3.8) is 0 Å². The van der Waals surface area contributed by atoms with Gasteiger partial charge in [0.05, 0.1) is 24.8 Å². The average molecular weight is 587 g/mol. The third-order valence-electron chi connectivity index (χ3n) is 2.16. The van der Waals surface area contributed by atoms with E-state index in [1.807, 2.05) is 12.1 Å². The average Bonchev–Trinajstić information content (AvgIpc) is 2.32. The molecule has 0 aliphatic heterocycles. The Balaban J connectivity index is 2.90. The summed E-state index contributed by atoms with van der Waals surface area (Å²) in [6, 6.07) is 3.47. The lowest BCUT2D eigenvalue weighted by Crippen LogP contribution is -2.41. The van der Waals surface area contributed by atoms with Crippen LogP contribution in [0.2, 0.25) is 0 Å². The minimum absolute atomic E-state index is 0.142. The number of hydrogen-bond acceptors (Lipinski definition) is 3. The molecule has 0 heterocycles. The van der Waals surface area contributed by atoms with Gasteiger partial charge in [-0.15, -0.1) is 0 Å². The summed E-state index contributed by atoms with van der Waals surface area (Å²) in [6.07, 6.45) is 0. The van der Waals surface area contributed by atoms with E-state index >= 15 is 0 Å². The van der Waals surface area contributed by atoms with E-state index in [9.17, 15) is 4.79 Å². The first-order valence-electron chi connectivity index (χ1n) is 5.04. The van der Waals surface area contributed by atoms with Crippen molar-refractivity contribution in [3.8, 4) is 0 Å². The highest BCUT2D eigenvalue weighted by Gasteiger charge is 2.17. The second kappa shape index (κ2) is 8.17. The largest absolute Gasteiger partial charge is 0.394 e. The number of amides is 1. The SMILES string of the molecule is COCC(CO)NC(=O)c1cc(I)cc(I)c1I. The summed E-state index contributed by atoms with van der Waals surface area (Å²) < 4.78 is 7.90. The fraction of sp³-hybridized carbons (Fsp3) is 0.364. The van der Waals surface area contributed by atoms with Gasteiger partial charge in [0.25, 0.3) is 5.91 Å². The monoisotopic (exact) mass is 587 g/mol. The second-order valence-corrected chi connectivity index (χ2v) is 7.04. The van der Waals surface area contributed by atoms with E-state index in [0.717, 1.165) is 10.7 Å². The topological polar surface area (TPSA) is 58.6 Å². The molecule has 100 valence electrons. The fourth-order valence-corrected chi connectivity index (χ4v) is 3.73. The Morgan fingerprint density at radius 2 is 2.11 bits per heavy atom. The summed E-state index contributed by atoms with van der Waals surface area (Å²) in [6.45, 7) is 0.150. The number of aliphatic hydroxyl groups excluding tert-OH is 1. The van der Waals surface area contributed by atoms with Gasteiger partial charge in [-0.05, 0) is 79.9 Å². The molecular formula is C11H12I3NO3. The van der Waals surface area contributed by atoms with Crippen LogP contribution in [0.25, 0.3) is 0 Å². The van der Waals surface area contributed by atoms with E-state index in [0.29, 0.717) is 12.2 Å². The van der Waals surface area contributed by atoms with Crippen LogP contribution in [0.3, 0.4) is 0 Å². The van der Waals surface area contributed by atoms with Crippen LogP contribution in [0.4, 0.5) is 0 Å². The van der Waals surface area contributed by atoms with Gasteiger partial charge in [-0.3, -0.25) is 4.79 Å². The van der Waals surface area contributed by atoms with Gasteiger partial charge in [-0.25, -0.2) is 0 Å². The van der Waals surface area contributed by atoms with Crippen molar-refractivity contribution in [2.45, 2.75) is 6.04 Å². The number of hydrogen-bond donors (Lipinski definition) is 2. The highest BCUT2D eigenvalue weighted by atomic mass is 127. The Kier molecular flexibility index (Phi) is 7.65. The zero-order chi connectivity index (χ0) is 13.7. The maximum absolute atomic E-state index is 12.1. The van der Waals surface area contributed by atoms with E-state index in [-0.39, 0.29) is 18.6 Å². The molecule has 0 aliphatic rings. The summed E-state index contributed by atoms with van der Waals surface area (Å²) in [4.78, 5) is 12.1. The Bertz CT molecular complexity index is 440. The molecule has 0 bridgehead atoms. The van der Waals surface area contributed by atoms with Crippen molar-refractivity contribution in [2.24, 2.45) is 0 Å². The molecule has 0 fully saturated rings. The molecule has 1 unspecified atom stereocenters. The minimum atomic E-state index is -0.381. The number of carbonyl (C=O) groups is 1. The first kappa shape index (κ1) is 16.9. The van der Waals surface area contributed by atoms with Crippen LogP contribution in [0.15, 0.2) is 12.1 Å². The predicted molar refractivity (Wildman–Crippen MR) is 94.8 cm³/mol. The van der Waals surface area contributed by atoms with Crippen LogP contribution in [-0.2, 0) is 4.74 Å². The number of halogens is 3. The van der Waals surface area contributed by atoms with Crippen molar-refractivity contribution in [1.82, 2.24) is 5.32 Å². The van der Waals surface area contributed by atoms with Gasteiger partial charge in [0.1, 0.15) is 0 Å². The molecule has 0 saturated heterocycles. The number of carbonyl (C=O) groups excluding carboxylic acids is 1. The van der Waals surface area contributed by atoms with Gasteiger partial charge in [0.2, 0.25) is 0 Å². The summed E-state index contributed by atoms with van der Waals surface area (Å²) in [5.41, 5.74) is 0.626. The first-order chi connectivity index (χ1) is 8.49. The number of rotatable bonds is 5. The van der Waals surface area contributed by atoms with E-state index in [4.69, 9.17) is 9.84 Å². The summed E-state index contributed by atoms with van der Waals surface area (Å²) in [5, 5.41) is 11.9. The Morgan fingerprint density at radius 1 is 1.44 bits per heavy atom. The van der Waals surface area contributed by atoms with Crippen LogP contribution < -0.4 is 5.32 Å². The van der Waals surface area contributed by atoms with Crippen LogP contribution in [0.1, 0.15) is 10.4 Å². The molecule has 4 nitrogen and oxygen atoms in total. The quantitative estimate of drug-likeness (QED) is 0.411. The van der Waals surface area contributed by atoms with Gasteiger partial charge >= 0.3 is 0 Å². The van der Waals surface area contributed by atoms with Crippen molar-refractivity contribution >= 4 is 73.7 Å². The molecule has 2 N–H and O–H groups in total. The van der Waals surface area contributed by atoms with E-state index < -0.39 is 0 Å². The zero-order valence-electron chi connectivity index (χ0n) is 9.54. The van der Waals surface area contributed by atoms with Gasteiger partial charge in [-0.1, -0.05) is 0 Å². The van der Waals surface area contributed by atoms with Gasteiger partial charge in [0.15, 0.2) is 0 Å². The molecule has 0 radical (unpaired) electrons. The number of ether oxygens (including phenoxy) is 1. The third-order valence-corrected chi connectivity index (χ3v) is 5.83. The van der Waals surface area contributed by atoms with Gasteiger partial charge in [0, 0.05) is 17.8 Å². The Labute approximate surface area is 147 Å². The minimum Gasteiger partial charge on any atom is -0.394 e. The highest BCUT2D eigenvalue weighted by Crippen LogP contribution is 2.22. The summed E-state index contributed by atoms with van der Waals surface area (Å²) >= 11 is 6.53. The summed E-state index contributed by atoms with van der Waals surface area (Å²) in [5.74, 6) is -0.188. The molecule has 0 aliphatic carbocycles. The molecule has 1 amide bonds. The van der Waals surface area contributed by atoms with Crippen LogP contribution >= 0.6 is 67.8 Å². The van der Waals surface area contributed by atoms with Crippen molar-refractivity contribution < 1.29 is 14.6 Å². The van der Waals surface area contributed by atoms with Gasteiger partial charge < -0.3 is 15.2 Å². The lowest BCUT2D eigenvalue weighted by Gasteiger charge is -2.16. The van der Waals surface area contributed by atoms with Crippen molar-refractivity contribution in [3.05, 3.63) is 28.4 Å². The molecule has 1 rings (SSSR count). The van der Waals surface area contributed by atoms with Gasteiger partial charge in [-0.2, -0.15) is 0 Å². The van der Waals surface area contributed by atoms with Crippen molar-refractivity contribution in [1.29, 1.82) is 0 Å². The predicted octanol–water partition coefficient (Wildman–Crippen LogP) is 2.24. The summed E-state index contributed by atoms with van der Waals surface area (Å²) in [7, 11) is 1.53. The maximum Gasteiger partial charge on any atom is 0.252 e. The molecule has 1 atom stereocenters. The number of aliphatic hydroxyl groups is 1. The van der Waals surface area contributed by atoms with Crippen molar-refractivity contribution in [2.75, 3.05) is 20.3 Å². The molecule has 7 heteroatoms. The Hall–Kier alpha value is 0.800. The zero-order valence-corrected chi connectivity index (χ0v) is 16.0. The normalized spacial score (nSPS) is 12.3. The highest BCUT2D eigenvalue weighted by molar-refractivity contribution is 14.1.